The van der Waals surface area contributed by atoms with E-state index in [1.807, 2.05) is 18.2 Å². The lowest BCUT2D eigenvalue weighted by atomic mass is 9.76. The summed E-state index contributed by atoms with van der Waals surface area (Å²) >= 11 is 0. The molecule has 2 atom stereocenters. The molecule has 7 heteroatoms. The molecule has 3 aromatic rings. The fourth-order valence-electron chi connectivity index (χ4n) is 4.11. The molecule has 1 fully saturated rings. The van der Waals surface area contributed by atoms with Crippen LogP contribution < -0.4 is 5.69 Å². The van der Waals surface area contributed by atoms with Gasteiger partial charge >= 0.3 is 5.69 Å². The minimum atomic E-state index is -0.749. The minimum absolute atomic E-state index is 0.0838. The molecule has 1 aromatic carbocycles. The van der Waals surface area contributed by atoms with E-state index in [1.54, 1.807) is 27.8 Å². The predicted molar refractivity (Wildman–Crippen MR) is 93.7 cm³/mol. The molecule has 2 aromatic heterocycles. The maximum Gasteiger partial charge on any atom is 0.346 e. The fourth-order valence-corrected chi connectivity index (χ4v) is 4.11. The van der Waals surface area contributed by atoms with Gasteiger partial charge in [-0.25, -0.2) is 9.48 Å². The average Bonchev–Trinajstić information content (AvgIpc) is 3.14. The molecule has 7 nitrogen and oxygen atoms in total. The summed E-state index contributed by atoms with van der Waals surface area (Å²) in [4.78, 5) is 21.4. The summed E-state index contributed by atoms with van der Waals surface area (Å²) in [6, 6.07) is 10.1. The van der Waals surface area contributed by atoms with Crippen molar-refractivity contribution in [2.45, 2.75) is 43.4 Å². The van der Waals surface area contributed by atoms with Crippen LogP contribution in [0.15, 0.2) is 53.7 Å². The third-order valence-electron chi connectivity index (χ3n) is 5.57. The smallest absolute Gasteiger partial charge is 0.346 e. The second kappa shape index (κ2) is 5.88. The molecule has 0 bridgehead atoms. The van der Waals surface area contributed by atoms with Crippen molar-refractivity contribution >= 4 is 0 Å². The zero-order valence-electron chi connectivity index (χ0n) is 14.1. The molecule has 1 N–H and O–H groups in total. The van der Waals surface area contributed by atoms with Gasteiger partial charge in [0.1, 0.15) is 6.10 Å². The third-order valence-corrected chi connectivity index (χ3v) is 5.57. The third kappa shape index (κ3) is 2.31. The van der Waals surface area contributed by atoms with Crippen molar-refractivity contribution in [1.29, 1.82) is 0 Å². The van der Waals surface area contributed by atoms with Gasteiger partial charge in [-0.1, -0.05) is 30.3 Å². The zero-order chi connectivity index (χ0) is 17.7. The first-order valence-electron chi connectivity index (χ1n) is 8.92. The van der Waals surface area contributed by atoms with Gasteiger partial charge in [-0.3, -0.25) is 14.5 Å². The van der Waals surface area contributed by atoms with E-state index in [2.05, 4.69) is 27.2 Å². The largest absolute Gasteiger partial charge is 0.385 e. The Kier molecular flexibility index (Phi) is 3.49. The van der Waals surface area contributed by atoms with E-state index in [9.17, 15) is 9.90 Å². The number of aliphatic hydroxyl groups excluding tert-OH is 1. The van der Waals surface area contributed by atoms with Gasteiger partial charge in [0.25, 0.3) is 0 Å². The van der Waals surface area contributed by atoms with Gasteiger partial charge in [-0.2, -0.15) is 5.10 Å². The van der Waals surface area contributed by atoms with E-state index in [1.165, 1.54) is 5.56 Å². The van der Waals surface area contributed by atoms with Crippen LogP contribution in [0.4, 0.5) is 0 Å². The molecule has 1 aliphatic heterocycles. The SMILES string of the molecule is O=c1n(C2CC(c3ccccc3)C2)nc2n1[C@@H](c1cnccn1)C[C@H]2O. The molecule has 0 radical (unpaired) electrons. The monoisotopic (exact) mass is 349 g/mol. The van der Waals surface area contributed by atoms with Crippen LogP contribution in [-0.2, 0) is 0 Å². The molecule has 0 amide bonds. The first-order chi connectivity index (χ1) is 12.7. The molecule has 5 rings (SSSR count). The van der Waals surface area contributed by atoms with Crippen LogP contribution >= 0.6 is 0 Å². The highest BCUT2D eigenvalue weighted by Gasteiger charge is 2.40. The summed E-state index contributed by atoms with van der Waals surface area (Å²) in [5.74, 6) is 0.902. The number of hydrogen-bond acceptors (Lipinski definition) is 5. The molecule has 0 spiro atoms. The molecule has 0 unspecified atom stereocenters. The summed E-state index contributed by atoms with van der Waals surface area (Å²) in [6.07, 6.45) is 6.30. The van der Waals surface area contributed by atoms with Crippen LogP contribution in [0.2, 0.25) is 0 Å². The topological polar surface area (TPSA) is 85.8 Å². The maximum atomic E-state index is 13.0. The number of fused-ring (bicyclic) bond motifs is 1. The van der Waals surface area contributed by atoms with E-state index in [0.717, 1.165) is 12.8 Å². The summed E-state index contributed by atoms with van der Waals surface area (Å²) in [6.45, 7) is 0. The summed E-state index contributed by atoms with van der Waals surface area (Å²) < 4.78 is 3.14. The van der Waals surface area contributed by atoms with Gasteiger partial charge in [0, 0.05) is 18.8 Å². The number of aliphatic hydroxyl groups is 1. The second-order valence-corrected chi connectivity index (χ2v) is 7.09. The predicted octanol–water partition coefficient (Wildman–Crippen LogP) is 1.98. The molecule has 1 aliphatic carbocycles. The van der Waals surface area contributed by atoms with Crippen LogP contribution in [0, 0.1) is 0 Å². The molecule has 1 saturated carbocycles. The van der Waals surface area contributed by atoms with Gasteiger partial charge in [0.2, 0.25) is 0 Å². The number of hydrogen-bond donors (Lipinski definition) is 1. The lowest BCUT2D eigenvalue weighted by Crippen LogP contribution is -2.35. The maximum absolute atomic E-state index is 13.0. The number of benzene rings is 1. The Labute approximate surface area is 150 Å². The molecule has 26 heavy (non-hydrogen) atoms. The molecule has 2 aliphatic rings. The number of nitrogens with zero attached hydrogens (tertiary/aromatic N) is 5. The lowest BCUT2D eigenvalue weighted by molar-refractivity contribution is 0.165. The normalized spacial score (nSPS) is 27.1. The van der Waals surface area contributed by atoms with Crippen LogP contribution in [0.5, 0.6) is 0 Å². The Morgan fingerprint density at radius 2 is 1.88 bits per heavy atom. The van der Waals surface area contributed by atoms with Gasteiger partial charge in [-0.05, 0) is 24.3 Å². The Morgan fingerprint density at radius 3 is 2.62 bits per heavy atom. The van der Waals surface area contributed by atoms with E-state index >= 15 is 0 Å². The minimum Gasteiger partial charge on any atom is -0.385 e. The molecular formula is C19H19N5O2. The Bertz CT molecular complexity index is 976. The van der Waals surface area contributed by atoms with E-state index in [-0.39, 0.29) is 17.8 Å². The standard InChI is InChI=1S/C19H19N5O2/c25-17-10-16(15-11-20-6-7-21-15)23-18(17)22-24(19(23)26)14-8-13(9-14)12-4-2-1-3-5-12/h1-7,11,13-14,16-17,25H,8-10H2/t13?,14?,16-,17-/m1/s1. The molecule has 3 heterocycles. The van der Waals surface area contributed by atoms with Crippen molar-refractivity contribution in [2.75, 3.05) is 0 Å². The molecular weight excluding hydrogens is 330 g/mol. The summed E-state index contributed by atoms with van der Waals surface area (Å²) in [5.41, 5.74) is 1.83. The van der Waals surface area contributed by atoms with Gasteiger partial charge < -0.3 is 5.11 Å². The Morgan fingerprint density at radius 1 is 1.08 bits per heavy atom. The van der Waals surface area contributed by atoms with E-state index in [0.29, 0.717) is 23.9 Å². The van der Waals surface area contributed by atoms with E-state index < -0.39 is 6.10 Å². The van der Waals surface area contributed by atoms with Crippen molar-refractivity contribution in [3.63, 3.8) is 0 Å². The van der Waals surface area contributed by atoms with Crippen LogP contribution in [-0.4, -0.2) is 29.4 Å². The first kappa shape index (κ1) is 15.5. The van der Waals surface area contributed by atoms with Gasteiger partial charge in [0.05, 0.1) is 24.0 Å². The quantitative estimate of drug-likeness (QED) is 0.781. The highest BCUT2D eigenvalue weighted by molar-refractivity contribution is 5.23. The van der Waals surface area contributed by atoms with Crippen LogP contribution in [0.25, 0.3) is 0 Å². The van der Waals surface area contributed by atoms with Crippen LogP contribution in [0.3, 0.4) is 0 Å². The van der Waals surface area contributed by atoms with Crippen LogP contribution in [0.1, 0.15) is 60.4 Å². The van der Waals surface area contributed by atoms with E-state index in [4.69, 9.17) is 0 Å². The van der Waals surface area contributed by atoms with Gasteiger partial charge in [-0.15, -0.1) is 0 Å². The zero-order valence-corrected chi connectivity index (χ0v) is 14.1. The van der Waals surface area contributed by atoms with Crippen molar-refractivity contribution in [1.82, 2.24) is 24.3 Å². The van der Waals surface area contributed by atoms with Gasteiger partial charge in [0.15, 0.2) is 5.82 Å². The number of aromatic nitrogens is 5. The highest BCUT2D eigenvalue weighted by atomic mass is 16.3. The summed E-state index contributed by atoms with van der Waals surface area (Å²) in [7, 11) is 0. The number of rotatable bonds is 3. The Balaban J connectivity index is 1.43. The lowest BCUT2D eigenvalue weighted by Gasteiger charge is -2.35. The summed E-state index contributed by atoms with van der Waals surface area (Å²) in [5, 5.41) is 14.8. The highest BCUT2D eigenvalue weighted by Crippen LogP contribution is 2.44. The first-order valence-corrected chi connectivity index (χ1v) is 8.92. The Hall–Kier alpha value is -2.80. The van der Waals surface area contributed by atoms with Crippen molar-refractivity contribution in [3.05, 3.63) is 76.5 Å². The fraction of sp³-hybridized carbons (Fsp3) is 0.368. The van der Waals surface area contributed by atoms with Crippen molar-refractivity contribution < 1.29 is 5.11 Å². The van der Waals surface area contributed by atoms with Crippen molar-refractivity contribution in [2.24, 2.45) is 0 Å². The second-order valence-electron chi connectivity index (χ2n) is 7.09. The molecule has 0 saturated heterocycles. The molecule has 132 valence electrons. The average molecular weight is 349 g/mol. The van der Waals surface area contributed by atoms with Crippen molar-refractivity contribution in [3.8, 4) is 0 Å².